The fourth-order valence-corrected chi connectivity index (χ4v) is 6.35. The summed E-state index contributed by atoms with van der Waals surface area (Å²) in [6.45, 7) is 9.80. The van der Waals surface area contributed by atoms with Crippen molar-refractivity contribution in [1.82, 2.24) is 25.1 Å². The Balaban J connectivity index is 1.61. The van der Waals surface area contributed by atoms with Gasteiger partial charge in [0, 0.05) is 25.0 Å². The average molecular weight is 523 g/mol. The molecule has 1 saturated heterocycles. The molecule has 2 aromatic heterocycles. The van der Waals surface area contributed by atoms with E-state index in [1.54, 1.807) is 0 Å². The van der Waals surface area contributed by atoms with Gasteiger partial charge in [0.1, 0.15) is 18.2 Å². The van der Waals surface area contributed by atoms with Crippen LogP contribution in [0.25, 0.3) is 38.6 Å². The summed E-state index contributed by atoms with van der Waals surface area (Å²) in [5.41, 5.74) is 7.73. The van der Waals surface area contributed by atoms with Gasteiger partial charge in [-0.3, -0.25) is 9.67 Å². The zero-order valence-electron chi connectivity index (χ0n) is 21.8. The fourth-order valence-electron chi connectivity index (χ4n) is 6.06. The summed E-state index contributed by atoms with van der Waals surface area (Å²) >= 11 is 6.07. The number of anilines is 1. The Hall–Kier alpha value is -3.75. The van der Waals surface area contributed by atoms with E-state index in [1.165, 1.54) is 11.1 Å². The van der Waals surface area contributed by atoms with Crippen molar-refractivity contribution in [1.29, 1.82) is 0 Å². The van der Waals surface area contributed by atoms with Crippen molar-refractivity contribution in [3.8, 4) is 22.6 Å². The number of para-hydroxylation sites is 1. The maximum atomic E-state index is 6.60. The number of rotatable bonds is 3. The molecule has 192 valence electrons. The first-order chi connectivity index (χ1) is 18.5. The molecule has 8 heteroatoms. The second-order valence-electron chi connectivity index (χ2n) is 10.6. The van der Waals surface area contributed by atoms with Gasteiger partial charge in [-0.2, -0.15) is 5.10 Å². The summed E-state index contributed by atoms with van der Waals surface area (Å²) < 4.78 is 9.30. The number of nitrogens with one attached hydrogen (secondary N) is 2. The lowest BCUT2D eigenvalue weighted by atomic mass is 9.95. The lowest BCUT2D eigenvalue weighted by Gasteiger charge is -2.35. The Morgan fingerprint density at radius 2 is 2.00 bits per heavy atom. The molecule has 7 rings (SSSR count). The van der Waals surface area contributed by atoms with Gasteiger partial charge < -0.3 is 15.0 Å². The van der Waals surface area contributed by atoms with Gasteiger partial charge in [0.15, 0.2) is 0 Å². The average Bonchev–Trinajstić information content (AvgIpc) is 3.34. The Bertz CT molecular complexity index is 1770. The fraction of sp³-hybridized carbons (Fsp3) is 0.300. The molecule has 7 nitrogen and oxygen atoms in total. The molecule has 4 heterocycles. The molecule has 0 aliphatic carbocycles. The first kappa shape index (κ1) is 23.4. The van der Waals surface area contributed by atoms with Crippen molar-refractivity contribution in [2.45, 2.75) is 32.7 Å². The van der Waals surface area contributed by atoms with E-state index >= 15 is 0 Å². The number of nitrogens with zero attached hydrogens (tertiary/aromatic N) is 4. The molecular weight excluding hydrogens is 492 g/mol. The quantitative estimate of drug-likeness (QED) is 0.288. The summed E-state index contributed by atoms with van der Waals surface area (Å²) in [7, 11) is 0. The van der Waals surface area contributed by atoms with Gasteiger partial charge in [-0.1, -0.05) is 38.1 Å². The van der Waals surface area contributed by atoms with Gasteiger partial charge >= 0.3 is 0 Å². The first-order valence-corrected chi connectivity index (χ1v) is 13.7. The van der Waals surface area contributed by atoms with E-state index in [0.717, 1.165) is 69.8 Å². The number of aromatic amines is 1. The minimum absolute atomic E-state index is 0.197. The summed E-state index contributed by atoms with van der Waals surface area (Å²) in [6.07, 6.45) is 1.91. The molecule has 2 aliphatic heterocycles. The molecule has 0 spiro atoms. The van der Waals surface area contributed by atoms with Crippen LogP contribution in [0.4, 0.5) is 5.82 Å². The summed E-state index contributed by atoms with van der Waals surface area (Å²) in [5, 5.41) is 13.1. The second kappa shape index (κ2) is 8.92. The predicted octanol–water partition coefficient (Wildman–Crippen LogP) is 5.90. The largest absolute Gasteiger partial charge is 0.491 e. The highest BCUT2D eigenvalue weighted by Gasteiger charge is 2.32. The predicted molar refractivity (Wildman–Crippen MR) is 155 cm³/mol. The van der Waals surface area contributed by atoms with Gasteiger partial charge in [0.25, 0.3) is 0 Å². The van der Waals surface area contributed by atoms with Crippen LogP contribution >= 0.6 is 12.2 Å². The smallest absolute Gasteiger partial charge is 0.206 e. The van der Waals surface area contributed by atoms with Crippen LogP contribution in [0.1, 0.15) is 30.9 Å². The second-order valence-corrected chi connectivity index (χ2v) is 11.0. The summed E-state index contributed by atoms with van der Waals surface area (Å²) in [6, 6.07) is 17.4. The zero-order valence-corrected chi connectivity index (χ0v) is 22.6. The molecule has 2 aliphatic rings. The normalized spacial score (nSPS) is 17.1. The van der Waals surface area contributed by atoms with E-state index in [1.807, 2.05) is 6.20 Å². The van der Waals surface area contributed by atoms with E-state index in [0.29, 0.717) is 17.3 Å². The number of hydrogen-bond donors (Lipinski definition) is 2. The highest BCUT2D eigenvalue weighted by Crippen LogP contribution is 2.43. The molecule has 5 aromatic rings. The molecule has 0 amide bonds. The van der Waals surface area contributed by atoms with Gasteiger partial charge in [0.05, 0.1) is 34.3 Å². The van der Waals surface area contributed by atoms with Crippen molar-refractivity contribution in [2.75, 3.05) is 31.1 Å². The Labute approximate surface area is 226 Å². The molecular formula is C30H30N6OS. The number of H-pyrrole nitrogens is 1. The molecule has 2 N–H and O–H groups in total. The van der Waals surface area contributed by atoms with E-state index in [2.05, 4.69) is 94.3 Å². The summed E-state index contributed by atoms with van der Waals surface area (Å²) in [5.74, 6) is 2.10. The van der Waals surface area contributed by atoms with E-state index in [9.17, 15) is 0 Å². The minimum Gasteiger partial charge on any atom is -0.491 e. The van der Waals surface area contributed by atoms with Gasteiger partial charge in [-0.25, -0.2) is 4.98 Å². The third-order valence-electron chi connectivity index (χ3n) is 7.91. The molecule has 1 fully saturated rings. The minimum atomic E-state index is 0.197. The van der Waals surface area contributed by atoms with E-state index < -0.39 is 0 Å². The molecule has 38 heavy (non-hydrogen) atoms. The molecule has 1 atom stereocenters. The van der Waals surface area contributed by atoms with Gasteiger partial charge in [0.2, 0.25) is 4.77 Å². The van der Waals surface area contributed by atoms with Crippen LogP contribution in [0.2, 0.25) is 0 Å². The van der Waals surface area contributed by atoms with Crippen molar-refractivity contribution in [3.05, 3.63) is 70.6 Å². The zero-order chi connectivity index (χ0) is 26.0. The molecule has 0 bridgehead atoms. The number of fused-ring (bicyclic) bond motifs is 3. The Morgan fingerprint density at radius 3 is 2.87 bits per heavy atom. The van der Waals surface area contributed by atoms with E-state index in [-0.39, 0.29) is 6.04 Å². The molecule has 3 aromatic carbocycles. The number of piperazine rings is 1. The van der Waals surface area contributed by atoms with Crippen LogP contribution in [0.5, 0.6) is 5.75 Å². The first-order valence-electron chi connectivity index (χ1n) is 13.2. The number of benzene rings is 3. The van der Waals surface area contributed by atoms with Crippen LogP contribution in [-0.2, 0) is 0 Å². The maximum Gasteiger partial charge on any atom is 0.206 e. The topological polar surface area (TPSA) is 71.0 Å². The van der Waals surface area contributed by atoms with Crippen LogP contribution in [-0.4, -0.2) is 52.0 Å². The number of hydrogen-bond acceptors (Lipinski definition) is 6. The molecule has 0 saturated carbocycles. The summed E-state index contributed by atoms with van der Waals surface area (Å²) in [4.78, 5) is 7.48. The third kappa shape index (κ3) is 3.55. The SMILES string of the molecule is Cc1ccc2[nH]ncc2c1-c1cc2c3c(nc(=S)n(-c4ccccc4C(C)C)c3c1)N1CCNC[C@H]1CO2. The molecule has 0 radical (unpaired) electrons. The number of aromatic nitrogens is 4. The van der Waals surface area contributed by atoms with Crippen LogP contribution in [0.3, 0.4) is 0 Å². The number of aryl methyl sites for hydroxylation is 1. The Morgan fingerprint density at radius 1 is 1.13 bits per heavy atom. The highest BCUT2D eigenvalue weighted by atomic mass is 32.1. The van der Waals surface area contributed by atoms with Crippen molar-refractivity contribution >= 4 is 39.8 Å². The number of ether oxygens (including phenoxy) is 1. The van der Waals surface area contributed by atoms with Crippen molar-refractivity contribution in [2.24, 2.45) is 0 Å². The standard InChI is InChI=1S/C30H30N6OS/c1-17(2)21-6-4-5-7-24(21)36-25-12-19(27-18(3)8-9-23-22(27)15-32-34-23)13-26-28(25)29(33-30(36)38)35-11-10-31-14-20(35)16-37-26/h4-9,12-13,15,17,20,31H,10-11,14,16H2,1-3H3,(H,32,34)/t20-/m0/s1. The van der Waals surface area contributed by atoms with Crippen molar-refractivity contribution < 1.29 is 4.74 Å². The van der Waals surface area contributed by atoms with Crippen LogP contribution < -0.4 is 15.0 Å². The van der Waals surface area contributed by atoms with E-state index in [4.69, 9.17) is 21.9 Å². The molecule has 0 unspecified atom stereocenters. The lowest BCUT2D eigenvalue weighted by Crippen LogP contribution is -2.53. The monoisotopic (exact) mass is 522 g/mol. The van der Waals surface area contributed by atoms with Gasteiger partial charge in [-0.05, 0) is 71.6 Å². The Kier molecular flexibility index (Phi) is 5.49. The van der Waals surface area contributed by atoms with Crippen LogP contribution in [0, 0.1) is 11.7 Å². The van der Waals surface area contributed by atoms with Crippen molar-refractivity contribution in [3.63, 3.8) is 0 Å². The third-order valence-corrected chi connectivity index (χ3v) is 8.19. The van der Waals surface area contributed by atoms with Crippen LogP contribution in [0.15, 0.2) is 54.7 Å². The van der Waals surface area contributed by atoms with Gasteiger partial charge in [-0.15, -0.1) is 0 Å². The lowest BCUT2D eigenvalue weighted by molar-refractivity contribution is 0.274. The highest BCUT2D eigenvalue weighted by molar-refractivity contribution is 7.71. The maximum absolute atomic E-state index is 6.60.